The summed E-state index contributed by atoms with van der Waals surface area (Å²) in [5.41, 5.74) is 1.19. The Bertz CT molecular complexity index is 814. The first-order chi connectivity index (χ1) is 13.3. The molecule has 1 unspecified atom stereocenters. The highest BCUT2D eigenvalue weighted by Gasteiger charge is 2.24. The normalized spacial score (nSPS) is 12.2. The minimum absolute atomic E-state index is 0.0472. The second-order valence-corrected chi connectivity index (χ2v) is 7.26. The molecule has 0 aliphatic carbocycles. The molecule has 1 amide bonds. The van der Waals surface area contributed by atoms with Gasteiger partial charge >= 0.3 is 0 Å². The maximum absolute atomic E-state index is 12.6. The third kappa shape index (κ3) is 6.02. The molecule has 0 aliphatic rings. The summed E-state index contributed by atoms with van der Waals surface area (Å²) < 4.78 is 0. The summed E-state index contributed by atoms with van der Waals surface area (Å²) in [6, 6.07) is 13.4. The van der Waals surface area contributed by atoms with Crippen LogP contribution in [-0.2, 0) is 11.3 Å². The van der Waals surface area contributed by atoms with Gasteiger partial charge in [0.15, 0.2) is 0 Å². The number of carbonyl (C=O) groups is 1. The third-order valence-electron chi connectivity index (χ3n) is 4.44. The predicted molar refractivity (Wildman–Crippen MR) is 109 cm³/mol. The van der Waals surface area contributed by atoms with E-state index in [1.54, 1.807) is 0 Å². The average Bonchev–Trinajstić information content (AvgIpc) is 2.64. The number of carbonyl (C=O) groups excluding carboxylic acids is 1. The number of nitro benzene ring substituents is 1. The monoisotopic (exact) mass is 405 g/mol. The van der Waals surface area contributed by atoms with Crippen molar-refractivity contribution in [2.45, 2.75) is 26.4 Å². The van der Waals surface area contributed by atoms with Crippen molar-refractivity contribution in [1.82, 2.24) is 4.90 Å². The second-order valence-electron chi connectivity index (χ2n) is 6.85. The van der Waals surface area contributed by atoms with Gasteiger partial charge in [0.25, 0.3) is 5.69 Å². The van der Waals surface area contributed by atoms with E-state index in [0.717, 1.165) is 5.56 Å². The fourth-order valence-electron chi connectivity index (χ4n) is 2.95. The number of aliphatic hydroxyl groups is 1. The predicted octanol–water partition coefficient (Wildman–Crippen LogP) is 3.71. The van der Waals surface area contributed by atoms with E-state index in [9.17, 15) is 20.0 Å². The summed E-state index contributed by atoms with van der Waals surface area (Å²) >= 11 is 6.05. The Morgan fingerprint density at radius 3 is 2.46 bits per heavy atom. The lowest BCUT2D eigenvalue weighted by atomic mass is 10.0. The van der Waals surface area contributed by atoms with Crippen LogP contribution in [0.25, 0.3) is 0 Å². The molecule has 0 fully saturated rings. The Labute approximate surface area is 169 Å². The van der Waals surface area contributed by atoms with Gasteiger partial charge in [0.05, 0.1) is 28.8 Å². The van der Waals surface area contributed by atoms with Gasteiger partial charge in [0.1, 0.15) is 0 Å². The van der Waals surface area contributed by atoms with Crippen LogP contribution in [0.15, 0.2) is 48.5 Å². The van der Waals surface area contributed by atoms with Gasteiger partial charge in [-0.1, -0.05) is 55.8 Å². The van der Waals surface area contributed by atoms with Crippen LogP contribution in [-0.4, -0.2) is 40.0 Å². The van der Waals surface area contributed by atoms with Crippen LogP contribution in [0.4, 0.5) is 11.4 Å². The van der Waals surface area contributed by atoms with Crippen LogP contribution in [0, 0.1) is 16.0 Å². The van der Waals surface area contributed by atoms with Crippen molar-refractivity contribution in [3.63, 3.8) is 0 Å². The highest BCUT2D eigenvalue weighted by molar-refractivity contribution is 6.34. The third-order valence-corrected chi connectivity index (χ3v) is 4.75. The van der Waals surface area contributed by atoms with E-state index in [2.05, 4.69) is 5.32 Å². The number of anilines is 1. The molecule has 0 aromatic heterocycles. The number of nitro groups is 1. The fraction of sp³-hybridized carbons (Fsp3) is 0.350. The number of nitrogens with zero attached hydrogens (tertiary/aromatic N) is 2. The molecule has 150 valence electrons. The summed E-state index contributed by atoms with van der Waals surface area (Å²) in [5.74, 6) is -0.171. The Morgan fingerprint density at radius 1 is 1.25 bits per heavy atom. The fourth-order valence-corrected chi connectivity index (χ4v) is 3.17. The molecule has 28 heavy (non-hydrogen) atoms. The van der Waals surface area contributed by atoms with E-state index in [-0.39, 0.29) is 41.7 Å². The molecular weight excluding hydrogens is 382 g/mol. The quantitative estimate of drug-likeness (QED) is 0.489. The minimum atomic E-state index is -0.548. The summed E-state index contributed by atoms with van der Waals surface area (Å²) in [4.78, 5) is 24.8. The van der Waals surface area contributed by atoms with Crippen molar-refractivity contribution >= 4 is 28.9 Å². The van der Waals surface area contributed by atoms with Gasteiger partial charge in [0, 0.05) is 24.7 Å². The number of amides is 1. The zero-order valence-electron chi connectivity index (χ0n) is 15.8. The number of non-ortho nitro benzene ring substituents is 1. The smallest absolute Gasteiger partial charge is 0.271 e. The highest BCUT2D eigenvalue weighted by atomic mass is 35.5. The Morgan fingerprint density at radius 2 is 1.93 bits per heavy atom. The first-order valence-electron chi connectivity index (χ1n) is 8.94. The summed E-state index contributed by atoms with van der Waals surface area (Å²) in [5, 5.41) is 23.4. The zero-order valence-corrected chi connectivity index (χ0v) is 16.6. The SMILES string of the molecule is CC(C)C(CO)N(CC(=O)Nc1ccc([N+](=O)[O-])cc1Cl)Cc1ccccc1. The van der Waals surface area contributed by atoms with Crippen molar-refractivity contribution in [3.8, 4) is 0 Å². The topological polar surface area (TPSA) is 95.7 Å². The van der Waals surface area contributed by atoms with Crippen LogP contribution in [0.3, 0.4) is 0 Å². The molecule has 7 nitrogen and oxygen atoms in total. The van der Waals surface area contributed by atoms with Gasteiger partial charge in [-0.3, -0.25) is 19.8 Å². The van der Waals surface area contributed by atoms with Gasteiger partial charge < -0.3 is 10.4 Å². The molecular formula is C20H24ClN3O4. The van der Waals surface area contributed by atoms with Crippen LogP contribution >= 0.6 is 11.6 Å². The standard InChI is InChI=1S/C20H24ClN3O4/c1-14(2)19(13-25)23(11-15-6-4-3-5-7-15)12-20(26)22-18-9-8-16(24(27)28)10-17(18)21/h3-10,14,19,25H,11-13H2,1-2H3,(H,22,26). The van der Waals surface area contributed by atoms with Gasteiger partial charge in [-0.2, -0.15) is 0 Å². The van der Waals surface area contributed by atoms with Gasteiger partial charge in [-0.05, 0) is 17.5 Å². The van der Waals surface area contributed by atoms with E-state index in [1.165, 1.54) is 18.2 Å². The van der Waals surface area contributed by atoms with E-state index in [0.29, 0.717) is 12.2 Å². The van der Waals surface area contributed by atoms with Crippen LogP contribution in [0.2, 0.25) is 5.02 Å². The lowest BCUT2D eigenvalue weighted by molar-refractivity contribution is -0.384. The summed E-state index contributed by atoms with van der Waals surface area (Å²) in [6.07, 6.45) is 0. The van der Waals surface area contributed by atoms with Crippen molar-refractivity contribution in [1.29, 1.82) is 0 Å². The molecule has 0 saturated heterocycles. The number of hydrogen-bond acceptors (Lipinski definition) is 5. The molecule has 0 saturated carbocycles. The number of benzene rings is 2. The molecule has 2 rings (SSSR count). The Balaban J connectivity index is 2.14. The lowest BCUT2D eigenvalue weighted by Gasteiger charge is -2.32. The lowest BCUT2D eigenvalue weighted by Crippen LogP contribution is -2.45. The van der Waals surface area contributed by atoms with E-state index in [4.69, 9.17) is 11.6 Å². The molecule has 2 aromatic rings. The second kappa shape index (κ2) is 10.2. The first kappa shape index (κ1) is 21.8. The molecule has 2 N–H and O–H groups in total. The maximum Gasteiger partial charge on any atom is 0.271 e. The van der Waals surface area contributed by atoms with Crippen molar-refractivity contribution < 1.29 is 14.8 Å². The highest BCUT2D eigenvalue weighted by Crippen LogP contribution is 2.26. The Kier molecular flexibility index (Phi) is 7.92. The largest absolute Gasteiger partial charge is 0.395 e. The average molecular weight is 406 g/mol. The van der Waals surface area contributed by atoms with Crippen molar-refractivity contribution in [2.75, 3.05) is 18.5 Å². The molecule has 0 spiro atoms. The molecule has 0 radical (unpaired) electrons. The first-order valence-corrected chi connectivity index (χ1v) is 9.32. The van der Waals surface area contributed by atoms with Crippen molar-refractivity contribution in [2.24, 2.45) is 5.92 Å². The summed E-state index contributed by atoms with van der Waals surface area (Å²) in [7, 11) is 0. The molecule has 0 bridgehead atoms. The molecule has 8 heteroatoms. The van der Waals surface area contributed by atoms with Crippen LogP contribution in [0.1, 0.15) is 19.4 Å². The molecule has 1 atom stereocenters. The molecule has 0 aliphatic heterocycles. The number of rotatable bonds is 9. The minimum Gasteiger partial charge on any atom is -0.395 e. The Hall–Kier alpha value is -2.48. The van der Waals surface area contributed by atoms with E-state index >= 15 is 0 Å². The zero-order chi connectivity index (χ0) is 20.7. The van der Waals surface area contributed by atoms with Crippen LogP contribution < -0.4 is 5.32 Å². The van der Waals surface area contributed by atoms with E-state index in [1.807, 2.05) is 49.1 Å². The number of nitrogens with one attached hydrogen (secondary N) is 1. The molecule has 0 heterocycles. The van der Waals surface area contributed by atoms with Gasteiger partial charge in [0.2, 0.25) is 5.91 Å². The number of aliphatic hydroxyl groups excluding tert-OH is 1. The maximum atomic E-state index is 12.6. The van der Waals surface area contributed by atoms with Crippen LogP contribution in [0.5, 0.6) is 0 Å². The van der Waals surface area contributed by atoms with E-state index < -0.39 is 4.92 Å². The number of hydrogen-bond donors (Lipinski definition) is 2. The summed E-state index contributed by atoms with van der Waals surface area (Å²) in [6.45, 7) is 4.46. The van der Waals surface area contributed by atoms with Gasteiger partial charge in [-0.25, -0.2) is 0 Å². The van der Waals surface area contributed by atoms with Crippen molar-refractivity contribution in [3.05, 3.63) is 69.2 Å². The molecule has 2 aromatic carbocycles. The number of halogens is 1. The van der Waals surface area contributed by atoms with Gasteiger partial charge in [-0.15, -0.1) is 0 Å².